The van der Waals surface area contributed by atoms with E-state index in [0.29, 0.717) is 59.8 Å². The van der Waals surface area contributed by atoms with E-state index in [1.54, 1.807) is 31.0 Å². The molecule has 14 heteroatoms. The van der Waals surface area contributed by atoms with Crippen LogP contribution >= 0.6 is 11.8 Å². The third-order valence-corrected chi connectivity index (χ3v) is 14.3. The van der Waals surface area contributed by atoms with Crippen LogP contribution in [0.5, 0.6) is 40.2 Å². The highest BCUT2D eigenvalue weighted by molar-refractivity contribution is 7.99. The van der Waals surface area contributed by atoms with Crippen molar-refractivity contribution in [2.75, 3.05) is 40.4 Å². The monoisotopic (exact) mass is 769 g/mol. The molecular weight excluding hydrogens is 727 g/mol. The number of thioether (sulfide) groups is 1. The van der Waals surface area contributed by atoms with Crippen molar-refractivity contribution in [3.8, 4) is 46.3 Å². The highest BCUT2D eigenvalue weighted by Crippen LogP contribution is 2.65. The number of hydrogen-bond donors (Lipinski definition) is 2. The number of piperazine rings is 1. The van der Waals surface area contributed by atoms with Gasteiger partial charge >= 0.3 is 11.9 Å². The van der Waals surface area contributed by atoms with Gasteiger partial charge in [0.2, 0.25) is 6.79 Å². The minimum atomic E-state index is -1.11. The van der Waals surface area contributed by atoms with Gasteiger partial charge in [-0.15, -0.1) is 0 Å². The molecule has 3 aromatic carbocycles. The number of likely N-dealkylation sites (N-methyl/N-ethyl adjacent to an activating group) is 1. The quantitative estimate of drug-likeness (QED) is 0.264. The van der Waals surface area contributed by atoms with Gasteiger partial charge in [-0.05, 0) is 81.0 Å². The lowest BCUT2D eigenvalue weighted by atomic mass is 9.70. The van der Waals surface area contributed by atoms with E-state index in [4.69, 9.17) is 28.4 Å². The summed E-state index contributed by atoms with van der Waals surface area (Å²) in [6.45, 7) is 4.92. The Morgan fingerprint density at radius 2 is 1.82 bits per heavy atom. The van der Waals surface area contributed by atoms with Gasteiger partial charge < -0.3 is 38.6 Å². The van der Waals surface area contributed by atoms with Crippen LogP contribution in [-0.4, -0.2) is 90.5 Å². The van der Waals surface area contributed by atoms with E-state index in [1.807, 2.05) is 20.9 Å². The van der Waals surface area contributed by atoms with E-state index < -0.39 is 46.8 Å². The van der Waals surface area contributed by atoms with Crippen molar-refractivity contribution in [1.82, 2.24) is 9.80 Å². The van der Waals surface area contributed by atoms with Crippen LogP contribution in [0.2, 0.25) is 0 Å². The number of benzene rings is 3. The summed E-state index contributed by atoms with van der Waals surface area (Å²) in [6, 6.07) is 5.50. The number of fused-ring (bicyclic) bond motifs is 9. The average molecular weight is 770 g/mol. The normalized spacial score (nSPS) is 28.9. The van der Waals surface area contributed by atoms with Crippen LogP contribution in [0, 0.1) is 25.2 Å². The van der Waals surface area contributed by atoms with Crippen LogP contribution < -0.4 is 23.7 Å². The zero-order chi connectivity index (χ0) is 38.7. The number of hydrogen-bond acceptors (Lipinski definition) is 14. The van der Waals surface area contributed by atoms with E-state index in [1.165, 1.54) is 14.0 Å². The van der Waals surface area contributed by atoms with Gasteiger partial charge in [0.15, 0.2) is 34.5 Å². The Labute approximate surface area is 323 Å². The van der Waals surface area contributed by atoms with Crippen molar-refractivity contribution in [1.29, 1.82) is 5.26 Å². The fourth-order valence-corrected chi connectivity index (χ4v) is 12.3. The van der Waals surface area contributed by atoms with Crippen molar-refractivity contribution in [2.45, 2.75) is 87.3 Å². The van der Waals surface area contributed by atoms with E-state index >= 15 is 0 Å². The van der Waals surface area contributed by atoms with Gasteiger partial charge in [0.25, 0.3) is 0 Å². The minimum absolute atomic E-state index is 0.00386. The number of ether oxygens (including phenoxy) is 6. The number of esters is 2. The number of nitriles is 1. The second kappa shape index (κ2) is 12.9. The SMILES string of the molecule is COc1cc2c(cc1O)CCC[C@]21CS[C@@H]2c3c(OC(C)=O)c(C)c4c(c3[C@@H](COC1=O)N1C2[C@H]2c3c(cc(C)c(OC)c3O)C[C@@H]([C@@H]1C#N)N2C)OCO4. The van der Waals surface area contributed by atoms with Gasteiger partial charge in [-0.2, -0.15) is 17.0 Å². The molecule has 6 aliphatic heterocycles. The molecule has 2 N–H and O–H groups in total. The maximum Gasteiger partial charge on any atom is 0.317 e. The average Bonchev–Trinajstić information content (AvgIpc) is 3.65. The predicted octanol–water partition coefficient (Wildman–Crippen LogP) is 5.22. The third-order valence-electron chi connectivity index (χ3n) is 12.8. The fraction of sp³-hybridized carbons (Fsp3) is 0.488. The van der Waals surface area contributed by atoms with Crippen molar-refractivity contribution in [3.63, 3.8) is 0 Å². The van der Waals surface area contributed by atoms with Crippen LogP contribution in [0.4, 0.5) is 0 Å². The molecule has 0 amide bonds. The first-order valence-corrected chi connectivity index (χ1v) is 19.6. The van der Waals surface area contributed by atoms with Crippen LogP contribution in [0.25, 0.3) is 0 Å². The van der Waals surface area contributed by atoms with Gasteiger partial charge in [-0.25, -0.2) is 0 Å². The Morgan fingerprint density at radius 1 is 1.04 bits per heavy atom. The molecule has 0 saturated carbocycles. The van der Waals surface area contributed by atoms with Gasteiger partial charge in [-0.3, -0.25) is 19.4 Å². The molecule has 2 saturated heterocycles. The lowest BCUT2D eigenvalue weighted by Gasteiger charge is -2.62. The smallest absolute Gasteiger partial charge is 0.317 e. The topological polar surface area (TPSA) is 160 Å². The molecule has 13 nitrogen and oxygen atoms in total. The molecule has 0 aromatic heterocycles. The number of nitrogens with zero attached hydrogens (tertiary/aromatic N) is 3. The molecule has 10 rings (SSSR count). The van der Waals surface area contributed by atoms with Gasteiger partial charge in [0, 0.05) is 47.0 Å². The fourth-order valence-electron chi connectivity index (χ4n) is 10.5. The lowest BCUT2D eigenvalue weighted by Crippen LogP contribution is -2.69. The van der Waals surface area contributed by atoms with Crippen molar-refractivity contribution >= 4 is 23.7 Å². The largest absolute Gasteiger partial charge is 0.504 e. The maximum atomic E-state index is 14.8. The number of carbonyl (C=O) groups is 2. The molecule has 4 bridgehead atoms. The number of aryl methyl sites for hydroxylation is 2. The van der Waals surface area contributed by atoms with Crippen LogP contribution in [-0.2, 0) is 32.6 Å². The number of rotatable bonds is 3. The Hall–Kier alpha value is -4.84. The molecule has 1 aliphatic carbocycles. The first-order valence-electron chi connectivity index (χ1n) is 18.6. The van der Waals surface area contributed by atoms with Gasteiger partial charge in [-0.1, -0.05) is 6.07 Å². The Bertz CT molecular complexity index is 2220. The zero-order valence-corrected chi connectivity index (χ0v) is 32.4. The molecule has 2 fully saturated rings. The van der Waals surface area contributed by atoms with E-state index in [9.17, 15) is 25.1 Å². The van der Waals surface area contributed by atoms with Gasteiger partial charge in [0.05, 0.1) is 37.6 Å². The molecule has 1 unspecified atom stereocenters. The van der Waals surface area contributed by atoms with Crippen molar-refractivity contribution in [2.24, 2.45) is 0 Å². The van der Waals surface area contributed by atoms with E-state index in [-0.39, 0.29) is 42.4 Å². The standard InChI is InChI=1S/C41H43N3O10S/c1-18-10-22-11-24-25(14-42)44-26-15-51-40(48)41(9-7-8-21-12-27(46)28(49-5)13-23(21)41)16-55-39(33(44)32(43(24)4)29(22)34(47)35(18)50-6)31-30(26)38-37(52-17-53-38)19(2)36(31)54-20(3)45/h10,12-13,24-26,32-33,39,46-47H,7-9,11,15-17H2,1-6H3/t24-,25-,26+,32+,33?,39+,41-/m0/s1. The molecule has 55 heavy (non-hydrogen) atoms. The number of phenols is 2. The Balaban J connectivity index is 1.33. The molecule has 7 atom stereocenters. The maximum absolute atomic E-state index is 14.8. The highest BCUT2D eigenvalue weighted by atomic mass is 32.2. The molecule has 7 aliphatic rings. The number of carbonyl (C=O) groups excluding carboxylic acids is 2. The number of aromatic hydroxyl groups is 2. The molecule has 3 aromatic rings. The third kappa shape index (κ3) is 4.91. The summed E-state index contributed by atoms with van der Waals surface area (Å²) in [5.41, 5.74) is 4.94. The molecule has 0 radical (unpaired) electrons. The van der Waals surface area contributed by atoms with Gasteiger partial charge in [0.1, 0.15) is 23.8 Å². The second-order valence-corrected chi connectivity index (χ2v) is 16.6. The number of phenolic OH excluding ortho intramolecular Hbond substituents is 2. The van der Waals surface area contributed by atoms with E-state index in [0.717, 1.165) is 33.4 Å². The summed E-state index contributed by atoms with van der Waals surface area (Å²) in [5, 5.41) is 33.4. The summed E-state index contributed by atoms with van der Waals surface area (Å²) in [4.78, 5) is 32.1. The Morgan fingerprint density at radius 3 is 2.55 bits per heavy atom. The summed E-state index contributed by atoms with van der Waals surface area (Å²) < 4.78 is 36.2. The molecule has 288 valence electrons. The van der Waals surface area contributed by atoms with Crippen LogP contribution in [0.1, 0.15) is 81.6 Å². The number of methoxy groups -OCH3 is 2. The van der Waals surface area contributed by atoms with Crippen LogP contribution in [0.15, 0.2) is 18.2 Å². The molecular formula is C41H43N3O10S. The molecule has 6 heterocycles. The first-order chi connectivity index (χ1) is 26.4. The first kappa shape index (κ1) is 35.8. The minimum Gasteiger partial charge on any atom is -0.504 e. The van der Waals surface area contributed by atoms with Crippen LogP contribution in [0.3, 0.4) is 0 Å². The molecule has 1 spiro atoms. The highest BCUT2D eigenvalue weighted by Gasteiger charge is 2.61. The summed E-state index contributed by atoms with van der Waals surface area (Å²) in [5.74, 6) is 1.35. The zero-order valence-electron chi connectivity index (χ0n) is 31.6. The summed E-state index contributed by atoms with van der Waals surface area (Å²) >= 11 is 1.54. The summed E-state index contributed by atoms with van der Waals surface area (Å²) in [7, 11) is 5.03. The lowest BCUT2D eigenvalue weighted by molar-refractivity contribution is -0.156. The summed E-state index contributed by atoms with van der Waals surface area (Å²) in [6.07, 6.45) is 2.36. The van der Waals surface area contributed by atoms with E-state index in [2.05, 4.69) is 21.9 Å². The predicted molar refractivity (Wildman–Crippen MR) is 199 cm³/mol. The van der Waals surface area contributed by atoms with Crippen molar-refractivity contribution < 1.29 is 48.2 Å². The Kier molecular flexibility index (Phi) is 8.38. The second-order valence-electron chi connectivity index (χ2n) is 15.4. The van der Waals surface area contributed by atoms with Crippen molar-refractivity contribution in [3.05, 3.63) is 62.7 Å².